The van der Waals surface area contributed by atoms with Gasteiger partial charge in [0.15, 0.2) is 0 Å². The molecule has 0 aromatic heterocycles. The highest BCUT2D eigenvalue weighted by Gasteiger charge is 2.15. The highest BCUT2D eigenvalue weighted by atomic mass is 16.3. The summed E-state index contributed by atoms with van der Waals surface area (Å²) in [5.41, 5.74) is 6.65. The predicted molar refractivity (Wildman–Crippen MR) is 102 cm³/mol. The first-order chi connectivity index (χ1) is 11.9. The van der Waals surface area contributed by atoms with Gasteiger partial charge in [0, 0.05) is 11.5 Å². The van der Waals surface area contributed by atoms with Crippen LogP contribution in [0, 0.1) is 13.8 Å². The minimum atomic E-state index is 0.140. The Balaban J connectivity index is 1.81. The molecule has 0 aliphatic heterocycles. The number of hydrogen-bond acceptors (Lipinski definition) is 2. The summed E-state index contributed by atoms with van der Waals surface area (Å²) < 4.78 is 0. The fourth-order valence-electron chi connectivity index (χ4n) is 3.28. The Morgan fingerprint density at radius 2 is 1.36 bits per heavy atom. The number of phenols is 2. The average molecular weight is 332 g/mol. The molecule has 0 saturated heterocycles. The van der Waals surface area contributed by atoms with E-state index in [0.29, 0.717) is 11.5 Å². The third-order valence-electron chi connectivity index (χ3n) is 4.77. The molecule has 128 valence electrons. The molecule has 25 heavy (non-hydrogen) atoms. The molecule has 0 radical (unpaired) electrons. The van der Waals surface area contributed by atoms with Crippen LogP contribution in [0.4, 0.5) is 0 Å². The highest BCUT2D eigenvalue weighted by molar-refractivity contribution is 5.48. The molecule has 2 heteroatoms. The molecule has 1 atom stereocenters. The Morgan fingerprint density at radius 3 is 1.96 bits per heavy atom. The highest BCUT2D eigenvalue weighted by Crippen LogP contribution is 2.34. The first-order valence-electron chi connectivity index (χ1n) is 8.61. The predicted octanol–water partition coefficient (Wildman–Crippen LogP) is 5.46. The molecule has 0 amide bonds. The zero-order chi connectivity index (χ0) is 18.0. The number of benzene rings is 3. The maximum Gasteiger partial charge on any atom is 0.122 e. The average Bonchev–Trinajstić information content (AvgIpc) is 2.60. The van der Waals surface area contributed by atoms with Crippen LogP contribution in [0.3, 0.4) is 0 Å². The van der Waals surface area contributed by atoms with Gasteiger partial charge in [-0.05, 0) is 54.7 Å². The summed E-state index contributed by atoms with van der Waals surface area (Å²) in [4.78, 5) is 0. The van der Waals surface area contributed by atoms with Gasteiger partial charge in [-0.1, -0.05) is 61.0 Å². The van der Waals surface area contributed by atoms with Crippen LogP contribution in [0.2, 0.25) is 0 Å². The molecule has 2 N–H and O–H groups in total. The van der Waals surface area contributed by atoms with Crippen molar-refractivity contribution in [2.45, 2.75) is 33.1 Å². The minimum absolute atomic E-state index is 0.140. The van der Waals surface area contributed by atoms with E-state index in [1.165, 1.54) is 22.3 Å². The van der Waals surface area contributed by atoms with Crippen molar-refractivity contribution in [1.29, 1.82) is 0 Å². The van der Waals surface area contributed by atoms with Crippen molar-refractivity contribution in [3.05, 3.63) is 94.0 Å². The second kappa shape index (κ2) is 7.02. The Kier molecular flexibility index (Phi) is 4.80. The number of aryl methyl sites for hydroxylation is 2. The van der Waals surface area contributed by atoms with Gasteiger partial charge in [-0.15, -0.1) is 0 Å². The van der Waals surface area contributed by atoms with Crippen molar-refractivity contribution in [1.82, 2.24) is 0 Å². The topological polar surface area (TPSA) is 40.5 Å². The SMILES string of the molecule is Cc1cc(C)c(O)c(C(C)c2ccc(Cc3ccc(O)cc3)cc2)c1. The fraction of sp³-hybridized carbons (Fsp3) is 0.217. The maximum absolute atomic E-state index is 10.4. The Hall–Kier alpha value is -2.74. The molecule has 3 rings (SSSR count). The molecule has 0 fully saturated rings. The normalized spacial score (nSPS) is 12.1. The van der Waals surface area contributed by atoms with E-state index in [1.807, 2.05) is 25.1 Å². The third-order valence-corrected chi connectivity index (χ3v) is 4.77. The zero-order valence-corrected chi connectivity index (χ0v) is 15.0. The first kappa shape index (κ1) is 17.1. The van der Waals surface area contributed by atoms with Crippen LogP contribution in [0.5, 0.6) is 11.5 Å². The summed E-state index contributed by atoms with van der Waals surface area (Å²) in [7, 11) is 0. The molecule has 0 spiro atoms. The summed E-state index contributed by atoms with van der Waals surface area (Å²) in [6.45, 7) is 6.13. The fourth-order valence-corrected chi connectivity index (χ4v) is 3.28. The lowest BCUT2D eigenvalue weighted by Gasteiger charge is -2.17. The summed E-state index contributed by atoms with van der Waals surface area (Å²) >= 11 is 0. The van der Waals surface area contributed by atoms with E-state index in [0.717, 1.165) is 17.5 Å². The van der Waals surface area contributed by atoms with Crippen LogP contribution in [0.25, 0.3) is 0 Å². The van der Waals surface area contributed by atoms with Gasteiger partial charge in [0.2, 0.25) is 0 Å². The van der Waals surface area contributed by atoms with Crippen LogP contribution in [-0.2, 0) is 6.42 Å². The monoisotopic (exact) mass is 332 g/mol. The Morgan fingerprint density at radius 1 is 0.800 bits per heavy atom. The summed E-state index contributed by atoms with van der Waals surface area (Å²) in [6.07, 6.45) is 0.837. The van der Waals surface area contributed by atoms with Gasteiger partial charge in [0.05, 0.1) is 0 Å². The third kappa shape index (κ3) is 3.85. The second-order valence-electron chi connectivity index (χ2n) is 6.83. The molecule has 2 nitrogen and oxygen atoms in total. The van der Waals surface area contributed by atoms with Crippen LogP contribution < -0.4 is 0 Å². The molecule has 0 saturated carbocycles. The van der Waals surface area contributed by atoms with E-state index in [1.54, 1.807) is 12.1 Å². The van der Waals surface area contributed by atoms with Gasteiger partial charge in [-0.2, -0.15) is 0 Å². The summed E-state index contributed by atoms with van der Waals surface area (Å²) in [5.74, 6) is 0.828. The largest absolute Gasteiger partial charge is 0.508 e. The van der Waals surface area contributed by atoms with Gasteiger partial charge in [0.25, 0.3) is 0 Å². The molecule has 1 unspecified atom stereocenters. The lowest BCUT2D eigenvalue weighted by Crippen LogP contribution is -1.99. The molecule has 3 aromatic rings. The van der Waals surface area contributed by atoms with Crippen molar-refractivity contribution in [3.8, 4) is 11.5 Å². The van der Waals surface area contributed by atoms with E-state index in [4.69, 9.17) is 0 Å². The standard InChI is InChI=1S/C23H24O2/c1-15-12-16(2)23(25)22(13-15)17(3)20-8-4-18(5-9-20)14-19-6-10-21(24)11-7-19/h4-13,17,24-25H,14H2,1-3H3. The van der Waals surface area contributed by atoms with Gasteiger partial charge >= 0.3 is 0 Å². The van der Waals surface area contributed by atoms with Gasteiger partial charge in [-0.25, -0.2) is 0 Å². The second-order valence-corrected chi connectivity index (χ2v) is 6.83. The van der Waals surface area contributed by atoms with Crippen LogP contribution in [0.15, 0.2) is 60.7 Å². The maximum atomic E-state index is 10.4. The van der Waals surface area contributed by atoms with Crippen molar-refractivity contribution in [2.75, 3.05) is 0 Å². The zero-order valence-electron chi connectivity index (χ0n) is 15.0. The van der Waals surface area contributed by atoms with Crippen LogP contribution in [0.1, 0.15) is 46.2 Å². The van der Waals surface area contributed by atoms with Gasteiger partial charge in [-0.3, -0.25) is 0 Å². The number of rotatable bonds is 4. The lowest BCUT2D eigenvalue weighted by molar-refractivity contribution is 0.461. The van der Waals surface area contributed by atoms with E-state index >= 15 is 0 Å². The number of hydrogen-bond donors (Lipinski definition) is 2. The van der Waals surface area contributed by atoms with Crippen molar-refractivity contribution < 1.29 is 10.2 Å². The smallest absolute Gasteiger partial charge is 0.122 e. The van der Waals surface area contributed by atoms with Crippen LogP contribution >= 0.6 is 0 Å². The quantitative estimate of drug-likeness (QED) is 0.666. The van der Waals surface area contributed by atoms with E-state index < -0.39 is 0 Å². The van der Waals surface area contributed by atoms with E-state index in [9.17, 15) is 10.2 Å². The Labute approximate surface area is 149 Å². The lowest BCUT2D eigenvalue weighted by atomic mass is 9.89. The molecule has 3 aromatic carbocycles. The van der Waals surface area contributed by atoms with Crippen molar-refractivity contribution >= 4 is 0 Å². The van der Waals surface area contributed by atoms with Gasteiger partial charge < -0.3 is 10.2 Å². The minimum Gasteiger partial charge on any atom is -0.508 e. The van der Waals surface area contributed by atoms with E-state index in [2.05, 4.69) is 44.2 Å². The van der Waals surface area contributed by atoms with Crippen molar-refractivity contribution in [3.63, 3.8) is 0 Å². The van der Waals surface area contributed by atoms with Gasteiger partial charge in [0.1, 0.15) is 11.5 Å². The number of phenolic OH excluding ortho intramolecular Hbond substituents is 2. The molecule has 0 aliphatic rings. The number of aromatic hydroxyl groups is 2. The molecule has 0 bridgehead atoms. The molecular formula is C23H24O2. The Bertz CT molecular complexity index is 862. The summed E-state index contributed by atoms with van der Waals surface area (Å²) in [5, 5.41) is 19.8. The summed E-state index contributed by atoms with van der Waals surface area (Å²) in [6, 6.07) is 19.9. The van der Waals surface area contributed by atoms with Crippen molar-refractivity contribution in [2.24, 2.45) is 0 Å². The molecular weight excluding hydrogens is 308 g/mol. The van der Waals surface area contributed by atoms with E-state index in [-0.39, 0.29) is 5.92 Å². The first-order valence-corrected chi connectivity index (χ1v) is 8.61. The molecule has 0 heterocycles. The molecule has 0 aliphatic carbocycles. The van der Waals surface area contributed by atoms with Crippen LogP contribution in [-0.4, -0.2) is 10.2 Å².